The Morgan fingerprint density at radius 3 is 2.42 bits per heavy atom. The predicted molar refractivity (Wildman–Crippen MR) is 146 cm³/mol. The molecule has 5 N–H and O–H groups in total. The van der Waals surface area contributed by atoms with Gasteiger partial charge in [0.15, 0.2) is 0 Å². The number of aromatic nitrogens is 1. The highest BCUT2D eigenvalue weighted by Gasteiger charge is 2.27. The number of aryl methyl sites for hydroxylation is 1. The van der Waals surface area contributed by atoms with Crippen LogP contribution in [0.15, 0.2) is 24.3 Å². The van der Waals surface area contributed by atoms with E-state index >= 15 is 0 Å². The number of nitrogens with one attached hydrogen (secondary N) is 1. The highest BCUT2D eigenvalue weighted by Crippen LogP contribution is 2.44. The molecule has 36 heavy (non-hydrogen) atoms. The van der Waals surface area contributed by atoms with Crippen molar-refractivity contribution in [3.8, 4) is 23.3 Å². The zero-order chi connectivity index (χ0) is 25.6. The summed E-state index contributed by atoms with van der Waals surface area (Å²) in [5, 5.41) is 23.7. The smallest absolute Gasteiger partial charge is 0.268 e. The molecule has 3 aromatic heterocycles. The van der Waals surface area contributed by atoms with Gasteiger partial charge in [0.25, 0.3) is 5.91 Å². The number of hydrogen-bond acceptors (Lipinski definition) is 8. The molecule has 0 aliphatic heterocycles. The molecule has 1 aliphatic rings. The van der Waals surface area contributed by atoms with Crippen LogP contribution in [-0.2, 0) is 12.8 Å². The zero-order valence-corrected chi connectivity index (χ0v) is 21.6. The molecule has 0 bridgehead atoms. The number of amides is 1. The zero-order valence-electron chi connectivity index (χ0n) is 19.9. The maximum atomic E-state index is 13.4. The molecular weight excluding hydrogens is 488 g/mol. The van der Waals surface area contributed by atoms with Crippen LogP contribution in [0.5, 0.6) is 0 Å². The van der Waals surface area contributed by atoms with E-state index in [1.54, 1.807) is 0 Å². The van der Waals surface area contributed by atoms with Crippen molar-refractivity contribution in [2.45, 2.75) is 45.4 Å². The molecule has 180 valence electrons. The standard InChI is InChI=1S/C27H24N6OS2/c1-13(2)14-7-9-15(10-8-14)20-18(12-29)24(31)32-27-21(20)22(30)23(36-27)25(34)33-26-17(11-28)16-5-3-4-6-19(16)35-26/h7-10,13H,3-6,30H2,1-2H3,(H2,31,32)(H,33,34). The minimum absolute atomic E-state index is 0.0962. The van der Waals surface area contributed by atoms with Crippen molar-refractivity contribution < 1.29 is 4.79 Å². The van der Waals surface area contributed by atoms with Gasteiger partial charge >= 0.3 is 0 Å². The minimum Gasteiger partial charge on any atom is -0.397 e. The number of carbonyl (C=O) groups excluding carboxylic acids is 1. The summed E-state index contributed by atoms with van der Waals surface area (Å²) in [5.74, 6) is 0.0578. The number of fused-ring (bicyclic) bond motifs is 2. The minimum atomic E-state index is -0.399. The van der Waals surface area contributed by atoms with Gasteiger partial charge in [-0.2, -0.15) is 10.5 Å². The fourth-order valence-electron chi connectivity index (χ4n) is 4.71. The maximum Gasteiger partial charge on any atom is 0.268 e. The lowest BCUT2D eigenvalue weighted by Gasteiger charge is -2.11. The number of pyridine rings is 1. The van der Waals surface area contributed by atoms with E-state index in [1.165, 1.54) is 16.9 Å². The molecule has 1 amide bonds. The Kier molecular flexibility index (Phi) is 6.13. The van der Waals surface area contributed by atoms with E-state index in [2.05, 4.69) is 36.3 Å². The quantitative estimate of drug-likeness (QED) is 0.298. The van der Waals surface area contributed by atoms with Gasteiger partial charge in [0.2, 0.25) is 0 Å². The van der Waals surface area contributed by atoms with Gasteiger partial charge in [0.05, 0.1) is 11.3 Å². The molecule has 0 spiro atoms. The second-order valence-corrected chi connectivity index (χ2v) is 11.2. The number of thiophene rings is 2. The van der Waals surface area contributed by atoms with Crippen LogP contribution in [0.3, 0.4) is 0 Å². The van der Waals surface area contributed by atoms with Crippen LogP contribution in [0, 0.1) is 22.7 Å². The normalized spacial score (nSPS) is 12.8. The highest BCUT2D eigenvalue weighted by atomic mass is 32.1. The third kappa shape index (κ3) is 3.87. The van der Waals surface area contributed by atoms with Gasteiger partial charge in [0, 0.05) is 15.8 Å². The lowest BCUT2D eigenvalue weighted by molar-refractivity contribution is 0.103. The van der Waals surface area contributed by atoms with Gasteiger partial charge in [-0.05, 0) is 48.3 Å². The SMILES string of the molecule is CC(C)c1ccc(-c2c(C#N)c(N)nc3sc(C(=O)Nc4sc5c(c4C#N)CCCC5)c(N)c23)cc1. The van der Waals surface area contributed by atoms with E-state index in [9.17, 15) is 15.3 Å². The Labute approximate surface area is 217 Å². The third-order valence-electron chi connectivity index (χ3n) is 6.60. The number of carbonyl (C=O) groups is 1. The second-order valence-electron chi connectivity index (χ2n) is 9.14. The molecule has 0 saturated carbocycles. The molecule has 3 heterocycles. The fraction of sp³-hybridized carbons (Fsp3) is 0.259. The summed E-state index contributed by atoms with van der Waals surface area (Å²) in [6.45, 7) is 4.23. The molecule has 5 rings (SSSR count). The van der Waals surface area contributed by atoms with E-state index in [-0.39, 0.29) is 21.9 Å². The molecule has 0 unspecified atom stereocenters. The molecule has 1 aromatic carbocycles. The van der Waals surface area contributed by atoms with Crippen molar-refractivity contribution in [3.05, 3.63) is 56.3 Å². The lowest BCUT2D eigenvalue weighted by Crippen LogP contribution is -2.12. The number of hydrogen-bond donors (Lipinski definition) is 3. The Hall–Kier alpha value is -3.92. The van der Waals surface area contributed by atoms with E-state index in [4.69, 9.17) is 11.5 Å². The number of nitrogen functional groups attached to an aromatic ring is 2. The first kappa shape index (κ1) is 23.8. The van der Waals surface area contributed by atoms with Gasteiger partial charge in [-0.1, -0.05) is 38.1 Å². The van der Waals surface area contributed by atoms with Crippen LogP contribution in [0.25, 0.3) is 21.3 Å². The van der Waals surface area contributed by atoms with Crippen LogP contribution in [0.2, 0.25) is 0 Å². The van der Waals surface area contributed by atoms with Gasteiger partial charge in [0.1, 0.15) is 38.2 Å². The topological polar surface area (TPSA) is 142 Å². The molecule has 7 nitrogen and oxygen atoms in total. The molecular formula is C27H24N6OS2. The summed E-state index contributed by atoms with van der Waals surface area (Å²) in [7, 11) is 0. The number of rotatable bonds is 4. The Morgan fingerprint density at radius 2 is 1.75 bits per heavy atom. The molecule has 0 radical (unpaired) electrons. The number of anilines is 3. The molecule has 0 saturated heterocycles. The monoisotopic (exact) mass is 512 g/mol. The Balaban J connectivity index is 1.62. The average molecular weight is 513 g/mol. The summed E-state index contributed by atoms with van der Waals surface area (Å²) in [6.07, 6.45) is 3.91. The van der Waals surface area contributed by atoms with Gasteiger partial charge in [-0.15, -0.1) is 22.7 Å². The van der Waals surface area contributed by atoms with Crippen LogP contribution in [-0.4, -0.2) is 10.9 Å². The largest absolute Gasteiger partial charge is 0.397 e. The van der Waals surface area contributed by atoms with Crippen molar-refractivity contribution in [3.63, 3.8) is 0 Å². The molecule has 0 atom stereocenters. The van der Waals surface area contributed by atoms with Crippen LogP contribution >= 0.6 is 22.7 Å². The van der Waals surface area contributed by atoms with Gasteiger partial charge < -0.3 is 16.8 Å². The molecule has 1 aliphatic carbocycles. The van der Waals surface area contributed by atoms with E-state index < -0.39 is 5.91 Å². The average Bonchev–Trinajstić information content (AvgIpc) is 3.39. The van der Waals surface area contributed by atoms with Crippen LogP contribution < -0.4 is 16.8 Å². The maximum absolute atomic E-state index is 13.4. The predicted octanol–water partition coefficient (Wildman–Crippen LogP) is 6.19. The summed E-state index contributed by atoms with van der Waals surface area (Å²) < 4.78 is 0. The molecule has 9 heteroatoms. The first-order valence-corrected chi connectivity index (χ1v) is 13.3. The number of nitriles is 2. The highest BCUT2D eigenvalue weighted by molar-refractivity contribution is 7.21. The first-order valence-electron chi connectivity index (χ1n) is 11.7. The van der Waals surface area contributed by atoms with Gasteiger partial charge in [-0.25, -0.2) is 4.98 Å². The van der Waals surface area contributed by atoms with Crippen molar-refractivity contribution in [1.29, 1.82) is 10.5 Å². The molecule has 0 fully saturated rings. The lowest BCUT2D eigenvalue weighted by atomic mass is 9.94. The van der Waals surface area contributed by atoms with E-state index in [0.717, 1.165) is 53.0 Å². The number of nitrogens with zero attached hydrogens (tertiary/aromatic N) is 3. The summed E-state index contributed by atoms with van der Waals surface area (Å²) in [6, 6.07) is 12.4. The number of nitrogens with two attached hydrogens (primary N) is 2. The van der Waals surface area contributed by atoms with Gasteiger partial charge in [-0.3, -0.25) is 4.79 Å². The number of benzene rings is 1. The fourth-order valence-corrected chi connectivity index (χ4v) is 6.95. The second kappa shape index (κ2) is 9.27. The third-order valence-corrected chi connectivity index (χ3v) is 8.90. The Bertz CT molecular complexity index is 1600. The van der Waals surface area contributed by atoms with Crippen molar-refractivity contribution in [2.24, 2.45) is 0 Å². The molecule has 4 aromatic rings. The first-order chi connectivity index (χ1) is 17.3. The summed E-state index contributed by atoms with van der Waals surface area (Å²) in [5.41, 5.74) is 17.3. The van der Waals surface area contributed by atoms with Crippen molar-refractivity contribution in [2.75, 3.05) is 16.8 Å². The van der Waals surface area contributed by atoms with Crippen molar-refractivity contribution >= 4 is 55.3 Å². The summed E-state index contributed by atoms with van der Waals surface area (Å²) >= 11 is 2.60. The van der Waals surface area contributed by atoms with Crippen molar-refractivity contribution in [1.82, 2.24) is 4.98 Å². The summed E-state index contributed by atoms with van der Waals surface area (Å²) in [4.78, 5) is 19.7. The van der Waals surface area contributed by atoms with Crippen LogP contribution in [0.1, 0.15) is 69.4 Å². The van der Waals surface area contributed by atoms with Crippen LogP contribution in [0.4, 0.5) is 16.5 Å². The van der Waals surface area contributed by atoms with E-state index in [0.29, 0.717) is 32.3 Å². The van der Waals surface area contributed by atoms with E-state index in [1.807, 2.05) is 24.3 Å². The Morgan fingerprint density at radius 1 is 1.06 bits per heavy atom.